The van der Waals surface area contributed by atoms with Crippen LogP contribution in [0.15, 0.2) is 0 Å². The van der Waals surface area contributed by atoms with Crippen LogP contribution in [0.1, 0.15) is 48.0 Å². The van der Waals surface area contributed by atoms with E-state index in [-0.39, 0.29) is 23.0 Å². The normalized spacial score (nSPS) is 14.5. The van der Waals surface area contributed by atoms with E-state index in [1.807, 2.05) is 34.6 Å². The Labute approximate surface area is 105 Å². The Hall–Kier alpha value is -0.610. The molecule has 0 rings (SSSR count). The molecule has 1 unspecified atom stereocenters. The standard InChI is InChI=1S/C13H28N2O2/c1-8-12(3,4)15-11(16)10(2)14-13(5,6)9-17-7/h10,14H,8-9H2,1-7H3,(H,15,16). The van der Waals surface area contributed by atoms with Crippen LogP contribution >= 0.6 is 0 Å². The predicted octanol–water partition coefficient (Wildman–Crippen LogP) is 1.69. The third kappa shape index (κ3) is 6.64. The van der Waals surface area contributed by atoms with E-state index in [0.29, 0.717) is 6.61 Å². The summed E-state index contributed by atoms with van der Waals surface area (Å²) in [5, 5.41) is 6.29. The number of carbonyl (C=O) groups excluding carboxylic acids is 1. The number of hydrogen-bond acceptors (Lipinski definition) is 3. The lowest BCUT2D eigenvalue weighted by atomic mass is 10.0. The molecule has 102 valence electrons. The molecule has 0 aromatic heterocycles. The molecule has 0 spiro atoms. The number of rotatable bonds is 7. The Balaban J connectivity index is 4.32. The monoisotopic (exact) mass is 244 g/mol. The molecule has 1 amide bonds. The lowest BCUT2D eigenvalue weighted by Gasteiger charge is -2.32. The first-order valence-corrected chi connectivity index (χ1v) is 6.22. The van der Waals surface area contributed by atoms with E-state index < -0.39 is 0 Å². The van der Waals surface area contributed by atoms with Gasteiger partial charge in [-0.05, 0) is 41.0 Å². The van der Waals surface area contributed by atoms with Crippen LogP contribution in [-0.4, -0.2) is 36.7 Å². The van der Waals surface area contributed by atoms with Crippen molar-refractivity contribution in [3.05, 3.63) is 0 Å². The van der Waals surface area contributed by atoms with Crippen LogP contribution < -0.4 is 10.6 Å². The molecule has 0 aliphatic rings. The summed E-state index contributed by atoms with van der Waals surface area (Å²) in [6.45, 7) is 12.6. The van der Waals surface area contributed by atoms with Crippen molar-refractivity contribution in [1.29, 1.82) is 0 Å². The predicted molar refractivity (Wildman–Crippen MR) is 71.1 cm³/mol. The Morgan fingerprint density at radius 2 is 1.76 bits per heavy atom. The molecule has 0 aliphatic carbocycles. The van der Waals surface area contributed by atoms with Gasteiger partial charge < -0.3 is 10.1 Å². The fourth-order valence-electron chi connectivity index (χ4n) is 1.58. The van der Waals surface area contributed by atoms with Crippen molar-refractivity contribution in [2.45, 2.75) is 65.1 Å². The van der Waals surface area contributed by atoms with Crippen LogP contribution in [0, 0.1) is 0 Å². The number of carbonyl (C=O) groups is 1. The fourth-order valence-corrected chi connectivity index (χ4v) is 1.58. The second kappa shape index (κ2) is 6.36. The molecule has 0 aliphatic heterocycles. The Bertz CT molecular complexity index is 250. The zero-order chi connectivity index (χ0) is 13.7. The van der Waals surface area contributed by atoms with Crippen molar-refractivity contribution in [3.8, 4) is 0 Å². The number of nitrogens with one attached hydrogen (secondary N) is 2. The second-order valence-corrected chi connectivity index (χ2v) is 5.91. The summed E-state index contributed by atoms with van der Waals surface area (Å²) in [5.74, 6) is 0.0287. The van der Waals surface area contributed by atoms with E-state index >= 15 is 0 Å². The minimum Gasteiger partial charge on any atom is -0.383 e. The van der Waals surface area contributed by atoms with Gasteiger partial charge in [0.2, 0.25) is 5.91 Å². The average Bonchev–Trinajstić information content (AvgIpc) is 2.16. The van der Waals surface area contributed by atoms with E-state index in [1.165, 1.54) is 0 Å². The van der Waals surface area contributed by atoms with Gasteiger partial charge in [0.25, 0.3) is 0 Å². The first-order chi connectivity index (χ1) is 7.63. The first kappa shape index (κ1) is 16.4. The Kier molecular flexibility index (Phi) is 6.13. The summed E-state index contributed by atoms with van der Waals surface area (Å²) in [5.41, 5.74) is -0.361. The van der Waals surface area contributed by atoms with Gasteiger partial charge in [-0.15, -0.1) is 0 Å². The topological polar surface area (TPSA) is 50.4 Å². The highest BCUT2D eigenvalue weighted by Gasteiger charge is 2.26. The van der Waals surface area contributed by atoms with E-state index in [0.717, 1.165) is 6.42 Å². The number of methoxy groups -OCH3 is 1. The number of hydrogen-bond donors (Lipinski definition) is 2. The number of amides is 1. The minimum atomic E-state index is -0.231. The Morgan fingerprint density at radius 3 is 2.18 bits per heavy atom. The summed E-state index contributed by atoms with van der Waals surface area (Å²) in [6.07, 6.45) is 0.910. The van der Waals surface area contributed by atoms with E-state index in [1.54, 1.807) is 7.11 Å². The van der Waals surface area contributed by atoms with Crippen molar-refractivity contribution < 1.29 is 9.53 Å². The van der Waals surface area contributed by atoms with Gasteiger partial charge in [0, 0.05) is 18.2 Å². The molecule has 17 heavy (non-hydrogen) atoms. The highest BCUT2D eigenvalue weighted by Crippen LogP contribution is 2.09. The molecule has 4 nitrogen and oxygen atoms in total. The zero-order valence-electron chi connectivity index (χ0n) is 12.3. The van der Waals surface area contributed by atoms with Crippen LogP contribution in [0.2, 0.25) is 0 Å². The quantitative estimate of drug-likeness (QED) is 0.716. The molecule has 0 aromatic rings. The maximum absolute atomic E-state index is 12.0. The van der Waals surface area contributed by atoms with Crippen LogP contribution in [0.3, 0.4) is 0 Å². The smallest absolute Gasteiger partial charge is 0.237 e. The Morgan fingerprint density at radius 1 is 1.24 bits per heavy atom. The first-order valence-electron chi connectivity index (χ1n) is 6.22. The van der Waals surface area contributed by atoms with E-state index in [2.05, 4.69) is 17.6 Å². The van der Waals surface area contributed by atoms with Gasteiger partial charge in [0.15, 0.2) is 0 Å². The van der Waals surface area contributed by atoms with Crippen molar-refractivity contribution in [2.75, 3.05) is 13.7 Å². The van der Waals surface area contributed by atoms with E-state index in [4.69, 9.17) is 4.74 Å². The van der Waals surface area contributed by atoms with Crippen molar-refractivity contribution in [2.24, 2.45) is 0 Å². The third-order valence-electron chi connectivity index (χ3n) is 2.85. The second-order valence-electron chi connectivity index (χ2n) is 5.91. The van der Waals surface area contributed by atoms with Crippen LogP contribution in [0.25, 0.3) is 0 Å². The van der Waals surface area contributed by atoms with Crippen molar-refractivity contribution in [3.63, 3.8) is 0 Å². The van der Waals surface area contributed by atoms with Crippen molar-refractivity contribution >= 4 is 5.91 Å². The summed E-state index contributed by atoms with van der Waals surface area (Å²) in [4.78, 5) is 12.0. The molecule has 2 N–H and O–H groups in total. The van der Waals surface area contributed by atoms with E-state index in [9.17, 15) is 4.79 Å². The summed E-state index contributed by atoms with van der Waals surface area (Å²) in [7, 11) is 1.66. The van der Waals surface area contributed by atoms with Gasteiger partial charge in [-0.3, -0.25) is 10.1 Å². The van der Waals surface area contributed by atoms with Gasteiger partial charge in [-0.2, -0.15) is 0 Å². The molecule has 0 saturated heterocycles. The molecule has 0 saturated carbocycles. The molecule has 0 radical (unpaired) electrons. The SMILES string of the molecule is CCC(C)(C)NC(=O)C(C)NC(C)(C)COC. The lowest BCUT2D eigenvalue weighted by Crippen LogP contribution is -2.56. The molecule has 0 aromatic carbocycles. The molecular weight excluding hydrogens is 216 g/mol. The van der Waals surface area contributed by atoms with Crippen molar-refractivity contribution in [1.82, 2.24) is 10.6 Å². The van der Waals surface area contributed by atoms with Crippen LogP contribution in [0.5, 0.6) is 0 Å². The van der Waals surface area contributed by atoms with Gasteiger partial charge in [-0.1, -0.05) is 6.92 Å². The minimum absolute atomic E-state index is 0.0287. The van der Waals surface area contributed by atoms with Crippen LogP contribution in [-0.2, 0) is 9.53 Å². The summed E-state index contributed by atoms with van der Waals surface area (Å²) >= 11 is 0. The highest BCUT2D eigenvalue weighted by molar-refractivity contribution is 5.82. The lowest BCUT2D eigenvalue weighted by molar-refractivity contribution is -0.125. The summed E-state index contributed by atoms with van der Waals surface area (Å²) in [6, 6.07) is -0.231. The largest absolute Gasteiger partial charge is 0.383 e. The van der Waals surface area contributed by atoms with Gasteiger partial charge in [0.05, 0.1) is 12.6 Å². The molecular formula is C13H28N2O2. The van der Waals surface area contributed by atoms with Gasteiger partial charge in [-0.25, -0.2) is 0 Å². The van der Waals surface area contributed by atoms with Gasteiger partial charge in [0.1, 0.15) is 0 Å². The molecule has 1 atom stereocenters. The average molecular weight is 244 g/mol. The molecule has 0 heterocycles. The molecule has 0 fully saturated rings. The molecule has 4 heteroatoms. The summed E-state index contributed by atoms with van der Waals surface area (Å²) < 4.78 is 5.12. The van der Waals surface area contributed by atoms with Crippen LogP contribution in [0.4, 0.5) is 0 Å². The third-order valence-corrected chi connectivity index (χ3v) is 2.85. The molecule has 0 bridgehead atoms. The highest BCUT2D eigenvalue weighted by atomic mass is 16.5. The maximum Gasteiger partial charge on any atom is 0.237 e. The zero-order valence-corrected chi connectivity index (χ0v) is 12.3. The number of ether oxygens (including phenoxy) is 1. The maximum atomic E-state index is 12.0. The fraction of sp³-hybridized carbons (Fsp3) is 0.923. The van der Waals surface area contributed by atoms with Gasteiger partial charge >= 0.3 is 0 Å².